The molecule has 2 aromatic rings. The van der Waals surface area contributed by atoms with Crippen LogP contribution in [-0.4, -0.2) is 59.9 Å². The van der Waals surface area contributed by atoms with E-state index in [9.17, 15) is 14.0 Å². The molecular weight excluding hydrogens is 415 g/mol. The molecule has 31 heavy (non-hydrogen) atoms. The Labute approximate surface area is 186 Å². The summed E-state index contributed by atoms with van der Waals surface area (Å²) in [6.45, 7) is 2.64. The van der Waals surface area contributed by atoms with Crippen LogP contribution in [0.25, 0.3) is 0 Å². The number of carbonyl (C=O) groups is 2. The first kappa shape index (κ1) is 21.9. The van der Waals surface area contributed by atoms with Gasteiger partial charge in [-0.15, -0.1) is 11.3 Å². The van der Waals surface area contributed by atoms with Crippen molar-refractivity contribution in [2.75, 3.05) is 20.1 Å². The minimum absolute atomic E-state index is 0.0319. The van der Waals surface area contributed by atoms with Gasteiger partial charge in [-0.25, -0.2) is 4.39 Å². The standard InChI is InChI=1S/C23H29FN4O2S/c1-27-18(8-9-21(29)25-13-16-4-6-17(24)7-5-16)14-26-23(30)22-20(27)10-11-28(22)15-19-3-2-12-31-19/h2-7,12,18,20,22H,8-11,13-15H2,1H3,(H,25,29)(H,26,30)/t18-,20-,22-/m0/s1. The molecule has 0 unspecified atom stereocenters. The third kappa shape index (κ3) is 5.31. The van der Waals surface area contributed by atoms with E-state index in [1.54, 1.807) is 23.5 Å². The van der Waals surface area contributed by atoms with Crippen molar-refractivity contribution in [2.24, 2.45) is 0 Å². The zero-order chi connectivity index (χ0) is 21.8. The third-order valence-electron chi connectivity index (χ3n) is 6.40. The van der Waals surface area contributed by atoms with Gasteiger partial charge in [0.25, 0.3) is 0 Å². The zero-order valence-electron chi connectivity index (χ0n) is 17.7. The minimum Gasteiger partial charge on any atom is -0.353 e. The van der Waals surface area contributed by atoms with Crippen LogP contribution in [-0.2, 0) is 22.7 Å². The lowest BCUT2D eigenvalue weighted by atomic mass is 10.0. The highest BCUT2D eigenvalue weighted by atomic mass is 32.1. The van der Waals surface area contributed by atoms with Crippen LogP contribution in [0.2, 0.25) is 0 Å². The first-order valence-electron chi connectivity index (χ1n) is 10.8. The zero-order valence-corrected chi connectivity index (χ0v) is 18.5. The molecule has 8 heteroatoms. The Balaban J connectivity index is 1.30. The molecule has 1 aromatic carbocycles. The summed E-state index contributed by atoms with van der Waals surface area (Å²) in [4.78, 5) is 31.1. The number of hydrogen-bond acceptors (Lipinski definition) is 5. The van der Waals surface area contributed by atoms with Gasteiger partial charge < -0.3 is 10.6 Å². The Morgan fingerprint density at radius 1 is 1.29 bits per heavy atom. The number of rotatable bonds is 7. The van der Waals surface area contributed by atoms with Gasteiger partial charge in [0.1, 0.15) is 11.9 Å². The fraction of sp³-hybridized carbons (Fsp3) is 0.478. The van der Waals surface area contributed by atoms with Gasteiger partial charge in [-0.05, 0) is 49.0 Å². The highest BCUT2D eigenvalue weighted by Crippen LogP contribution is 2.29. The number of nitrogens with zero attached hydrogens (tertiary/aromatic N) is 2. The highest BCUT2D eigenvalue weighted by Gasteiger charge is 2.44. The summed E-state index contributed by atoms with van der Waals surface area (Å²) in [6, 6.07) is 10.4. The molecule has 1 aromatic heterocycles. The molecule has 3 heterocycles. The van der Waals surface area contributed by atoms with E-state index < -0.39 is 0 Å². The van der Waals surface area contributed by atoms with Gasteiger partial charge in [-0.3, -0.25) is 19.4 Å². The van der Waals surface area contributed by atoms with Crippen LogP contribution in [0.4, 0.5) is 4.39 Å². The monoisotopic (exact) mass is 444 g/mol. The van der Waals surface area contributed by atoms with Gasteiger partial charge in [-0.2, -0.15) is 0 Å². The molecule has 2 aliphatic heterocycles. The van der Waals surface area contributed by atoms with Crippen LogP contribution in [0.1, 0.15) is 29.7 Å². The van der Waals surface area contributed by atoms with Gasteiger partial charge in [0.05, 0.1) is 0 Å². The number of likely N-dealkylation sites (N-methyl/N-ethyl adjacent to an activating group) is 1. The van der Waals surface area contributed by atoms with Crippen molar-refractivity contribution in [3.8, 4) is 0 Å². The molecule has 0 aliphatic carbocycles. The van der Waals surface area contributed by atoms with E-state index in [0.29, 0.717) is 25.9 Å². The molecule has 166 valence electrons. The third-order valence-corrected chi connectivity index (χ3v) is 7.26. The molecular formula is C23H29FN4O2S. The fourth-order valence-electron chi connectivity index (χ4n) is 4.62. The van der Waals surface area contributed by atoms with Gasteiger partial charge in [0.15, 0.2) is 0 Å². The lowest BCUT2D eigenvalue weighted by Gasteiger charge is -2.33. The maximum absolute atomic E-state index is 13.0. The number of carbonyl (C=O) groups excluding carboxylic acids is 2. The Morgan fingerprint density at radius 2 is 2.10 bits per heavy atom. The van der Waals surface area contributed by atoms with E-state index in [1.807, 2.05) is 6.07 Å². The van der Waals surface area contributed by atoms with E-state index in [-0.39, 0.29) is 35.8 Å². The quantitative estimate of drug-likeness (QED) is 0.688. The van der Waals surface area contributed by atoms with Crippen molar-refractivity contribution in [3.05, 3.63) is 58.0 Å². The summed E-state index contributed by atoms with van der Waals surface area (Å²) in [5, 5.41) is 8.08. The van der Waals surface area contributed by atoms with Crippen LogP contribution in [0.15, 0.2) is 41.8 Å². The number of thiophene rings is 1. The van der Waals surface area contributed by atoms with Gasteiger partial charge >= 0.3 is 0 Å². The summed E-state index contributed by atoms with van der Waals surface area (Å²) in [7, 11) is 2.08. The Morgan fingerprint density at radius 3 is 2.84 bits per heavy atom. The summed E-state index contributed by atoms with van der Waals surface area (Å²) in [5.74, 6) is -0.225. The topological polar surface area (TPSA) is 64.7 Å². The molecule has 2 fully saturated rings. The normalized spacial score (nSPS) is 24.5. The molecule has 2 saturated heterocycles. The average Bonchev–Trinajstić information content (AvgIpc) is 3.40. The molecule has 6 nitrogen and oxygen atoms in total. The van der Waals surface area contributed by atoms with Crippen molar-refractivity contribution in [1.82, 2.24) is 20.4 Å². The molecule has 0 saturated carbocycles. The van der Waals surface area contributed by atoms with E-state index in [4.69, 9.17) is 0 Å². The number of fused-ring (bicyclic) bond motifs is 1. The highest BCUT2D eigenvalue weighted by molar-refractivity contribution is 7.09. The van der Waals surface area contributed by atoms with Crippen molar-refractivity contribution in [2.45, 2.75) is 50.5 Å². The predicted octanol–water partition coefficient (Wildman–Crippen LogP) is 2.36. The Bertz CT molecular complexity index is 889. The molecule has 0 bridgehead atoms. The predicted molar refractivity (Wildman–Crippen MR) is 119 cm³/mol. The van der Waals surface area contributed by atoms with Crippen LogP contribution in [0.5, 0.6) is 0 Å². The molecule has 3 atom stereocenters. The SMILES string of the molecule is CN1[C@@H](CCC(=O)NCc2ccc(F)cc2)CNC(=O)[C@@H]2[C@@H]1CCN2Cc1cccs1. The average molecular weight is 445 g/mol. The molecule has 2 aliphatic rings. The number of likely N-dealkylation sites (tertiary alicyclic amines) is 1. The lowest BCUT2D eigenvalue weighted by Crippen LogP contribution is -2.49. The molecule has 0 spiro atoms. The van der Waals surface area contributed by atoms with Crippen LogP contribution in [0, 0.1) is 5.82 Å². The lowest BCUT2D eigenvalue weighted by molar-refractivity contribution is -0.126. The smallest absolute Gasteiger partial charge is 0.239 e. The van der Waals surface area contributed by atoms with Gasteiger partial charge in [0.2, 0.25) is 11.8 Å². The maximum atomic E-state index is 13.0. The molecule has 2 amide bonds. The Kier molecular flexibility index (Phi) is 6.99. The van der Waals surface area contributed by atoms with Gasteiger partial charge in [-0.1, -0.05) is 18.2 Å². The second kappa shape index (κ2) is 9.89. The number of nitrogens with one attached hydrogen (secondary N) is 2. The fourth-order valence-corrected chi connectivity index (χ4v) is 5.35. The largest absolute Gasteiger partial charge is 0.353 e. The van der Waals surface area contributed by atoms with E-state index in [2.05, 4.69) is 38.9 Å². The van der Waals surface area contributed by atoms with E-state index >= 15 is 0 Å². The van der Waals surface area contributed by atoms with E-state index in [1.165, 1.54) is 17.0 Å². The first-order valence-corrected chi connectivity index (χ1v) is 11.7. The van der Waals surface area contributed by atoms with Crippen molar-refractivity contribution in [1.29, 1.82) is 0 Å². The number of amides is 2. The number of hydrogen-bond donors (Lipinski definition) is 2. The van der Waals surface area contributed by atoms with Gasteiger partial charge in [0, 0.05) is 49.6 Å². The molecule has 0 radical (unpaired) electrons. The summed E-state index contributed by atoms with van der Waals surface area (Å²) >= 11 is 1.72. The number of benzene rings is 1. The van der Waals surface area contributed by atoms with Crippen molar-refractivity contribution < 1.29 is 14.0 Å². The van der Waals surface area contributed by atoms with Crippen molar-refractivity contribution >= 4 is 23.2 Å². The van der Waals surface area contributed by atoms with E-state index in [0.717, 1.165) is 25.1 Å². The van der Waals surface area contributed by atoms with Crippen LogP contribution in [0.3, 0.4) is 0 Å². The van der Waals surface area contributed by atoms with Crippen LogP contribution >= 0.6 is 11.3 Å². The summed E-state index contributed by atoms with van der Waals surface area (Å²) in [6.07, 6.45) is 2.02. The minimum atomic E-state index is -0.285. The Hall–Kier alpha value is -2.29. The maximum Gasteiger partial charge on any atom is 0.239 e. The second-order valence-corrected chi connectivity index (χ2v) is 9.39. The molecule has 4 rings (SSSR count). The molecule has 2 N–H and O–H groups in total. The number of halogens is 1. The van der Waals surface area contributed by atoms with Crippen molar-refractivity contribution in [3.63, 3.8) is 0 Å². The first-order chi connectivity index (χ1) is 15.0. The summed E-state index contributed by atoms with van der Waals surface area (Å²) < 4.78 is 13.0. The summed E-state index contributed by atoms with van der Waals surface area (Å²) in [5.41, 5.74) is 0.869. The van der Waals surface area contributed by atoms with Crippen LogP contribution < -0.4 is 10.6 Å². The second-order valence-electron chi connectivity index (χ2n) is 8.36.